The normalized spacial score (nSPS) is 10.8. The van der Waals surface area contributed by atoms with Crippen molar-refractivity contribution in [1.82, 2.24) is 14.5 Å². The molecule has 3 rings (SSSR count). The number of nitrogens with two attached hydrogens (primary N) is 1. The Hall–Kier alpha value is -3.40. The highest BCUT2D eigenvalue weighted by molar-refractivity contribution is 7.17. The molecule has 0 saturated heterocycles. The minimum absolute atomic E-state index is 0.0717. The number of ether oxygens (including phenoxy) is 1. The van der Waals surface area contributed by atoms with E-state index >= 15 is 0 Å². The SMILES string of the molecule is COc1ccccc1CNC(=O)CCn1c(=O)c2sccc2n(CC(N)=O)c1=O. The van der Waals surface area contributed by atoms with Crippen LogP contribution in [0.2, 0.25) is 0 Å². The van der Waals surface area contributed by atoms with Crippen molar-refractivity contribution in [2.75, 3.05) is 7.11 Å². The molecule has 0 aliphatic carbocycles. The first-order chi connectivity index (χ1) is 13.9. The highest BCUT2D eigenvalue weighted by Crippen LogP contribution is 2.17. The van der Waals surface area contributed by atoms with Crippen LogP contribution in [0, 0.1) is 0 Å². The van der Waals surface area contributed by atoms with Gasteiger partial charge in [-0.3, -0.25) is 23.5 Å². The highest BCUT2D eigenvalue weighted by atomic mass is 32.1. The first-order valence-electron chi connectivity index (χ1n) is 8.80. The van der Waals surface area contributed by atoms with Crippen molar-refractivity contribution in [2.45, 2.75) is 26.1 Å². The summed E-state index contributed by atoms with van der Waals surface area (Å²) in [4.78, 5) is 48.9. The summed E-state index contributed by atoms with van der Waals surface area (Å²) in [5.41, 5.74) is 5.24. The third-order valence-corrected chi connectivity index (χ3v) is 5.27. The number of nitrogens with one attached hydrogen (secondary N) is 1. The summed E-state index contributed by atoms with van der Waals surface area (Å²) in [7, 11) is 1.55. The Kier molecular flexibility index (Phi) is 6.13. The van der Waals surface area contributed by atoms with Gasteiger partial charge in [0.2, 0.25) is 11.8 Å². The van der Waals surface area contributed by atoms with Gasteiger partial charge in [0.05, 0.1) is 12.6 Å². The van der Waals surface area contributed by atoms with E-state index in [0.717, 1.165) is 26.0 Å². The van der Waals surface area contributed by atoms with E-state index in [1.54, 1.807) is 24.6 Å². The van der Waals surface area contributed by atoms with Crippen LogP contribution in [-0.4, -0.2) is 28.1 Å². The van der Waals surface area contributed by atoms with Crippen LogP contribution < -0.4 is 27.0 Å². The summed E-state index contributed by atoms with van der Waals surface area (Å²) in [6.45, 7) is -0.192. The van der Waals surface area contributed by atoms with E-state index in [9.17, 15) is 19.2 Å². The number of hydrogen-bond acceptors (Lipinski definition) is 6. The zero-order valence-electron chi connectivity index (χ0n) is 15.7. The molecular weight excluding hydrogens is 396 g/mol. The zero-order valence-corrected chi connectivity index (χ0v) is 16.5. The summed E-state index contributed by atoms with van der Waals surface area (Å²) in [5.74, 6) is -0.365. The number of primary amides is 1. The second-order valence-corrected chi connectivity index (χ2v) is 7.18. The third kappa shape index (κ3) is 4.37. The van der Waals surface area contributed by atoms with Gasteiger partial charge in [0.1, 0.15) is 17.0 Å². The number of para-hydroxylation sites is 1. The lowest BCUT2D eigenvalue weighted by Crippen LogP contribution is -2.42. The Labute approximate surface area is 169 Å². The fraction of sp³-hybridized carbons (Fsp3) is 0.263. The van der Waals surface area contributed by atoms with Gasteiger partial charge >= 0.3 is 5.69 Å². The van der Waals surface area contributed by atoms with Gasteiger partial charge in [-0.2, -0.15) is 0 Å². The van der Waals surface area contributed by atoms with Crippen molar-refractivity contribution < 1.29 is 14.3 Å². The summed E-state index contributed by atoms with van der Waals surface area (Å²) >= 11 is 1.16. The molecule has 0 unspecified atom stereocenters. The van der Waals surface area contributed by atoms with E-state index in [-0.39, 0.29) is 32.0 Å². The molecule has 2 heterocycles. The molecule has 0 aliphatic heterocycles. The number of carbonyl (C=O) groups is 2. The molecule has 3 aromatic rings. The standard InChI is InChI=1S/C19H20N4O5S/c1-28-14-5-3-2-4-12(14)10-21-16(25)6-8-22-18(26)17-13(7-9-29-17)23(19(22)27)11-15(20)24/h2-5,7,9H,6,8,10-11H2,1H3,(H2,20,24)(H,21,25). The molecule has 1 aromatic carbocycles. The Morgan fingerprint density at radius 2 is 1.93 bits per heavy atom. The minimum atomic E-state index is -0.695. The van der Waals surface area contributed by atoms with Gasteiger partial charge in [0, 0.05) is 25.1 Å². The van der Waals surface area contributed by atoms with Crippen molar-refractivity contribution in [3.8, 4) is 5.75 Å². The van der Waals surface area contributed by atoms with Crippen molar-refractivity contribution in [3.63, 3.8) is 0 Å². The molecule has 0 fully saturated rings. The van der Waals surface area contributed by atoms with E-state index in [1.165, 1.54) is 0 Å². The maximum Gasteiger partial charge on any atom is 0.332 e. The monoisotopic (exact) mass is 416 g/mol. The van der Waals surface area contributed by atoms with Gasteiger partial charge < -0.3 is 15.8 Å². The lowest BCUT2D eigenvalue weighted by Gasteiger charge is -2.12. The van der Waals surface area contributed by atoms with Crippen molar-refractivity contribution >= 4 is 33.4 Å². The number of fused-ring (bicyclic) bond motifs is 1. The van der Waals surface area contributed by atoms with E-state index in [0.29, 0.717) is 16.0 Å². The zero-order chi connectivity index (χ0) is 21.0. The molecule has 29 heavy (non-hydrogen) atoms. The third-order valence-electron chi connectivity index (χ3n) is 4.38. The largest absolute Gasteiger partial charge is 0.496 e. The number of carbonyl (C=O) groups excluding carboxylic acids is 2. The molecule has 10 heteroatoms. The average molecular weight is 416 g/mol. The van der Waals surface area contributed by atoms with Crippen LogP contribution in [0.5, 0.6) is 5.75 Å². The second-order valence-electron chi connectivity index (χ2n) is 6.27. The van der Waals surface area contributed by atoms with Crippen LogP contribution in [0.1, 0.15) is 12.0 Å². The molecule has 0 atom stereocenters. The number of aromatic nitrogens is 2. The Balaban J connectivity index is 1.76. The predicted molar refractivity (Wildman–Crippen MR) is 109 cm³/mol. The van der Waals surface area contributed by atoms with Crippen LogP contribution in [-0.2, 0) is 29.2 Å². The lowest BCUT2D eigenvalue weighted by molar-refractivity contribution is -0.121. The second kappa shape index (κ2) is 8.74. The molecule has 0 spiro atoms. The number of benzene rings is 1. The maximum absolute atomic E-state index is 12.7. The molecule has 0 saturated carbocycles. The fourth-order valence-electron chi connectivity index (χ4n) is 2.98. The van der Waals surface area contributed by atoms with Crippen molar-refractivity contribution in [1.29, 1.82) is 0 Å². The first-order valence-corrected chi connectivity index (χ1v) is 9.68. The number of hydrogen-bond donors (Lipinski definition) is 2. The number of nitrogens with zero attached hydrogens (tertiary/aromatic N) is 2. The first kappa shape index (κ1) is 20.3. The molecule has 0 aliphatic rings. The molecule has 3 N–H and O–H groups in total. The number of rotatable bonds is 8. The van der Waals surface area contributed by atoms with Crippen LogP contribution in [0.4, 0.5) is 0 Å². The van der Waals surface area contributed by atoms with Crippen LogP contribution in [0.25, 0.3) is 10.2 Å². The van der Waals surface area contributed by atoms with Gasteiger partial charge in [-0.05, 0) is 17.5 Å². The smallest absolute Gasteiger partial charge is 0.332 e. The van der Waals surface area contributed by atoms with E-state index in [4.69, 9.17) is 10.5 Å². The number of thiophene rings is 1. The van der Waals surface area contributed by atoms with E-state index in [2.05, 4.69) is 5.32 Å². The predicted octanol–water partition coefficient (Wildman–Crippen LogP) is 0.425. The quantitative estimate of drug-likeness (QED) is 0.551. The van der Waals surface area contributed by atoms with Crippen LogP contribution in [0.3, 0.4) is 0 Å². The van der Waals surface area contributed by atoms with E-state index in [1.807, 2.05) is 18.2 Å². The Morgan fingerprint density at radius 3 is 2.66 bits per heavy atom. The Bertz CT molecular complexity index is 1180. The van der Waals surface area contributed by atoms with Crippen LogP contribution >= 0.6 is 11.3 Å². The summed E-state index contributed by atoms with van der Waals surface area (Å²) in [6.07, 6.45) is -0.0717. The lowest BCUT2D eigenvalue weighted by atomic mass is 10.2. The van der Waals surface area contributed by atoms with Crippen molar-refractivity contribution in [3.05, 3.63) is 62.1 Å². The minimum Gasteiger partial charge on any atom is -0.496 e. The molecule has 152 valence electrons. The summed E-state index contributed by atoms with van der Waals surface area (Å²) < 4.78 is 7.69. The van der Waals surface area contributed by atoms with E-state index < -0.39 is 17.2 Å². The van der Waals surface area contributed by atoms with Gasteiger partial charge in [0.25, 0.3) is 5.56 Å². The Morgan fingerprint density at radius 1 is 1.17 bits per heavy atom. The molecule has 2 aromatic heterocycles. The topological polar surface area (TPSA) is 125 Å². The van der Waals surface area contributed by atoms with Gasteiger partial charge in [-0.15, -0.1) is 11.3 Å². The van der Waals surface area contributed by atoms with Crippen molar-refractivity contribution in [2.24, 2.45) is 5.73 Å². The maximum atomic E-state index is 12.7. The molecule has 2 amide bonds. The summed E-state index contributed by atoms with van der Waals surface area (Å²) in [5, 5.41) is 4.41. The van der Waals surface area contributed by atoms with Gasteiger partial charge in [-0.1, -0.05) is 18.2 Å². The number of amides is 2. The van der Waals surface area contributed by atoms with Gasteiger partial charge in [-0.25, -0.2) is 4.79 Å². The molecule has 0 radical (unpaired) electrons. The van der Waals surface area contributed by atoms with Crippen LogP contribution in [0.15, 0.2) is 45.3 Å². The molecule has 9 nitrogen and oxygen atoms in total. The molecule has 0 bridgehead atoms. The average Bonchev–Trinajstić information content (AvgIpc) is 3.19. The fourth-order valence-corrected chi connectivity index (χ4v) is 3.83. The number of methoxy groups -OCH3 is 1. The molecular formula is C19H20N4O5S. The highest BCUT2D eigenvalue weighted by Gasteiger charge is 2.16. The van der Waals surface area contributed by atoms with Gasteiger partial charge in [0.15, 0.2) is 0 Å². The summed E-state index contributed by atoms with van der Waals surface area (Å²) in [6, 6.07) is 8.88.